The second kappa shape index (κ2) is 9.55. The second-order valence-electron chi connectivity index (χ2n) is 7.78. The van der Waals surface area contributed by atoms with Gasteiger partial charge in [0.05, 0.1) is 0 Å². The summed E-state index contributed by atoms with van der Waals surface area (Å²) in [4.78, 5) is 14.0. The lowest BCUT2D eigenvalue weighted by atomic mass is 10.1. The van der Waals surface area contributed by atoms with Crippen molar-refractivity contribution in [2.24, 2.45) is 0 Å². The first-order valence-electron chi connectivity index (χ1n) is 10.5. The summed E-state index contributed by atoms with van der Waals surface area (Å²) < 4.78 is 0. The highest BCUT2D eigenvalue weighted by Gasteiger charge is 2.17. The molecular formula is C25H29N5. The van der Waals surface area contributed by atoms with Crippen LogP contribution in [0, 0.1) is 13.8 Å². The fourth-order valence-corrected chi connectivity index (χ4v) is 3.72. The molecule has 2 aromatic carbocycles. The van der Waals surface area contributed by atoms with Crippen molar-refractivity contribution < 1.29 is 0 Å². The Kier molecular flexibility index (Phi) is 6.40. The molecule has 1 aliphatic heterocycles. The Morgan fingerprint density at radius 3 is 2.53 bits per heavy atom. The molecule has 0 amide bonds. The average molecular weight is 400 g/mol. The molecule has 0 radical (unpaired) electrons. The molecule has 1 N–H and O–H groups in total. The molecule has 5 heteroatoms. The molecule has 2 heterocycles. The minimum Gasteiger partial charge on any atom is -0.354 e. The molecule has 3 aromatic rings. The van der Waals surface area contributed by atoms with Crippen LogP contribution in [-0.4, -0.2) is 47.6 Å². The molecule has 1 saturated heterocycles. The molecule has 0 atom stereocenters. The lowest BCUT2D eigenvalue weighted by molar-refractivity contribution is 0.283. The van der Waals surface area contributed by atoms with E-state index in [9.17, 15) is 0 Å². The number of nitrogens with one attached hydrogen (secondary N) is 1. The first-order chi connectivity index (χ1) is 14.7. The summed E-state index contributed by atoms with van der Waals surface area (Å²) in [5.41, 5.74) is 4.75. The van der Waals surface area contributed by atoms with Crippen molar-refractivity contribution in [2.45, 2.75) is 13.8 Å². The fourth-order valence-electron chi connectivity index (χ4n) is 3.72. The highest BCUT2D eigenvalue weighted by atomic mass is 15.3. The van der Waals surface area contributed by atoms with Crippen molar-refractivity contribution in [3.63, 3.8) is 0 Å². The number of rotatable bonds is 6. The van der Waals surface area contributed by atoms with Gasteiger partial charge < -0.3 is 10.2 Å². The van der Waals surface area contributed by atoms with Crippen molar-refractivity contribution in [3.05, 3.63) is 83.6 Å². The van der Waals surface area contributed by atoms with Crippen LogP contribution in [-0.2, 0) is 0 Å². The van der Waals surface area contributed by atoms with Gasteiger partial charge in [-0.15, -0.1) is 0 Å². The second-order valence-corrected chi connectivity index (χ2v) is 7.78. The Morgan fingerprint density at radius 2 is 1.77 bits per heavy atom. The summed E-state index contributed by atoms with van der Waals surface area (Å²) in [7, 11) is 0. The molecule has 1 fully saturated rings. The van der Waals surface area contributed by atoms with E-state index in [0.717, 1.165) is 44.2 Å². The van der Waals surface area contributed by atoms with Gasteiger partial charge in [0.2, 0.25) is 5.95 Å². The Balaban J connectivity index is 1.32. The van der Waals surface area contributed by atoms with Gasteiger partial charge in [-0.1, -0.05) is 60.2 Å². The maximum atomic E-state index is 4.75. The normalized spacial score (nSPS) is 14.9. The molecule has 154 valence electrons. The molecule has 5 nitrogen and oxygen atoms in total. The van der Waals surface area contributed by atoms with Gasteiger partial charge in [-0.25, -0.2) is 4.98 Å². The van der Waals surface area contributed by atoms with E-state index in [1.165, 1.54) is 16.7 Å². The Bertz CT molecular complexity index is 991. The largest absolute Gasteiger partial charge is 0.354 e. The van der Waals surface area contributed by atoms with Gasteiger partial charge >= 0.3 is 0 Å². The van der Waals surface area contributed by atoms with E-state index >= 15 is 0 Å². The zero-order valence-electron chi connectivity index (χ0n) is 17.8. The molecule has 1 aromatic heterocycles. The van der Waals surface area contributed by atoms with Gasteiger partial charge in [0.25, 0.3) is 0 Å². The van der Waals surface area contributed by atoms with Gasteiger partial charge in [-0.3, -0.25) is 4.90 Å². The van der Waals surface area contributed by atoms with Crippen molar-refractivity contribution in [1.29, 1.82) is 0 Å². The molecule has 30 heavy (non-hydrogen) atoms. The maximum absolute atomic E-state index is 4.75. The molecule has 0 spiro atoms. The van der Waals surface area contributed by atoms with E-state index in [4.69, 9.17) is 4.98 Å². The van der Waals surface area contributed by atoms with Gasteiger partial charge in [0, 0.05) is 44.6 Å². The van der Waals surface area contributed by atoms with Crippen molar-refractivity contribution in [1.82, 2.24) is 14.9 Å². The number of nitrogens with zero attached hydrogens (tertiary/aromatic N) is 4. The van der Waals surface area contributed by atoms with Crippen LogP contribution < -0.4 is 10.2 Å². The third-order valence-electron chi connectivity index (χ3n) is 5.44. The van der Waals surface area contributed by atoms with Crippen LogP contribution in [0.4, 0.5) is 17.5 Å². The van der Waals surface area contributed by atoms with Crippen LogP contribution in [0.3, 0.4) is 0 Å². The van der Waals surface area contributed by atoms with Gasteiger partial charge in [-0.2, -0.15) is 4.98 Å². The molecule has 0 bridgehead atoms. The standard InChI is InChI=1S/C25H29N5/c1-20-10-11-23(21(2)19-20)27-25-26-13-12-24(28-25)30-17-15-29(16-18-30)14-6-9-22-7-4-3-5-8-22/h3-13,19H,14-18H2,1-2H3,(H,26,27,28)/b9-6+. The van der Waals surface area contributed by atoms with Gasteiger partial charge in [0.15, 0.2) is 0 Å². The topological polar surface area (TPSA) is 44.3 Å². The first-order valence-corrected chi connectivity index (χ1v) is 10.5. The lowest BCUT2D eigenvalue weighted by Gasteiger charge is -2.34. The summed E-state index contributed by atoms with van der Waals surface area (Å²) in [5.74, 6) is 1.63. The summed E-state index contributed by atoms with van der Waals surface area (Å²) in [6.45, 7) is 9.19. The minimum absolute atomic E-state index is 0.646. The monoisotopic (exact) mass is 399 g/mol. The number of aromatic nitrogens is 2. The van der Waals surface area contributed by atoms with Crippen LogP contribution in [0.2, 0.25) is 0 Å². The molecule has 0 aliphatic carbocycles. The summed E-state index contributed by atoms with van der Waals surface area (Å²) >= 11 is 0. The third-order valence-corrected chi connectivity index (χ3v) is 5.44. The maximum Gasteiger partial charge on any atom is 0.229 e. The highest BCUT2D eigenvalue weighted by Crippen LogP contribution is 2.21. The number of benzene rings is 2. The zero-order valence-corrected chi connectivity index (χ0v) is 17.8. The van der Waals surface area contributed by atoms with E-state index in [2.05, 4.69) is 88.6 Å². The van der Waals surface area contributed by atoms with Crippen molar-refractivity contribution in [2.75, 3.05) is 42.9 Å². The molecule has 0 unspecified atom stereocenters. The quantitative estimate of drug-likeness (QED) is 0.652. The SMILES string of the molecule is Cc1ccc(Nc2nccc(N3CCN(C/C=C/c4ccccc4)CC3)n2)c(C)c1. The minimum atomic E-state index is 0.646. The fraction of sp³-hybridized carbons (Fsp3) is 0.280. The van der Waals surface area contributed by atoms with Crippen LogP contribution in [0.1, 0.15) is 16.7 Å². The number of hydrogen-bond donors (Lipinski definition) is 1. The van der Waals surface area contributed by atoms with Crippen LogP contribution in [0.25, 0.3) is 6.08 Å². The van der Waals surface area contributed by atoms with Crippen molar-refractivity contribution in [3.8, 4) is 0 Å². The summed E-state index contributed by atoms with van der Waals surface area (Å²) in [6, 6.07) is 18.8. The number of piperazine rings is 1. The zero-order chi connectivity index (χ0) is 20.8. The first kappa shape index (κ1) is 20.1. The van der Waals surface area contributed by atoms with E-state index in [1.807, 2.05) is 18.3 Å². The average Bonchev–Trinajstić information content (AvgIpc) is 2.77. The highest BCUT2D eigenvalue weighted by molar-refractivity contribution is 5.60. The van der Waals surface area contributed by atoms with E-state index in [-0.39, 0.29) is 0 Å². The van der Waals surface area contributed by atoms with Crippen LogP contribution in [0.15, 0.2) is 66.9 Å². The van der Waals surface area contributed by atoms with Crippen LogP contribution >= 0.6 is 0 Å². The number of aryl methyl sites for hydroxylation is 2. The Hall–Kier alpha value is -3.18. The smallest absolute Gasteiger partial charge is 0.229 e. The predicted octanol–water partition coefficient (Wildman–Crippen LogP) is 4.67. The predicted molar refractivity (Wildman–Crippen MR) is 125 cm³/mol. The van der Waals surface area contributed by atoms with E-state index < -0.39 is 0 Å². The lowest BCUT2D eigenvalue weighted by Crippen LogP contribution is -2.46. The summed E-state index contributed by atoms with van der Waals surface area (Å²) in [5, 5.41) is 3.36. The molecular weight excluding hydrogens is 370 g/mol. The summed E-state index contributed by atoms with van der Waals surface area (Å²) in [6.07, 6.45) is 6.28. The van der Waals surface area contributed by atoms with Gasteiger partial charge in [-0.05, 0) is 37.1 Å². The number of anilines is 3. The van der Waals surface area contributed by atoms with Crippen LogP contribution in [0.5, 0.6) is 0 Å². The molecule has 4 rings (SSSR count). The Morgan fingerprint density at radius 1 is 0.967 bits per heavy atom. The van der Waals surface area contributed by atoms with E-state index in [0.29, 0.717) is 5.95 Å². The van der Waals surface area contributed by atoms with Gasteiger partial charge in [0.1, 0.15) is 5.82 Å². The van der Waals surface area contributed by atoms with Crippen molar-refractivity contribution >= 4 is 23.5 Å². The number of hydrogen-bond acceptors (Lipinski definition) is 5. The molecule has 1 aliphatic rings. The third kappa shape index (κ3) is 5.24. The Labute approximate surface area is 179 Å². The molecule has 0 saturated carbocycles. The van der Waals surface area contributed by atoms with E-state index in [1.54, 1.807) is 0 Å².